The standard InChI is InChI=1S/C16H36N.Cu.2HI/c1-5-9-13-17(14-10-6-2,15-11-7-3)16-12-8-4;;;/h5-16H2,1-4H3;;2*1H/q2*+1;;/p-2. The van der Waals surface area contributed by atoms with E-state index in [1.807, 2.05) is 0 Å². The first-order valence-corrected chi connectivity index (χ1v) is 8.09. The Kier molecular flexibility index (Phi) is 31.3. The van der Waals surface area contributed by atoms with Crippen LogP contribution in [0.15, 0.2) is 0 Å². The molecule has 0 radical (unpaired) electrons. The number of rotatable bonds is 12. The van der Waals surface area contributed by atoms with Gasteiger partial charge in [-0.3, -0.25) is 0 Å². The summed E-state index contributed by atoms with van der Waals surface area (Å²) < 4.78 is 1.42. The van der Waals surface area contributed by atoms with Gasteiger partial charge in [-0.05, 0) is 25.7 Å². The summed E-state index contributed by atoms with van der Waals surface area (Å²) in [6.07, 6.45) is 11.1. The Labute approximate surface area is 173 Å². The van der Waals surface area contributed by atoms with Crippen LogP contribution in [-0.4, -0.2) is 30.7 Å². The van der Waals surface area contributed by atoms with E-state index in [9.17, 15) is 0 Å². The summed E-state index contributed by atoms with van der Waals surface area (Å²) in [5, 5.41) is 0. The Balaban J connectivity index is -0.000000427. The van der Waals surface area contributed by atoms with E-state index in [-0.39, 0.29) is 65.0 Å². The van der Waals surface area contributed by atoms with E-state index in [2.05, 4.69) is 27.7 Å². The van der Waals surface area contributed by atoms with Crippen LogP contribution in [0.3, 0.4) is 0 Å². The van der Waals surface area contributed by atoms with Gasteiger partial charge in [-0.1, -0.05) is 53.4 Å². The third-order valence-corrected chi connectivity index (χ3v) is 3.94. The first-order valence-electron chi connectivity index (χ1n) is 8.09. The molecule has 20 heavy (non-hydrogen) atoms. The maximum absolute atomic E-state index is 2.33. The molecule has 0 spiro atoms. The molecule has 0 heterocycles. The minimum atomic E-state index is 0. The fourth-order valence-electron chi connectivity index (χ4n) is 2.64. The molecule has 0 aliphatic rings. The predicted octanol–water partition coefficient (Wildman–Crippen LogP) is -0.991. The first kappa shape index (κ1) is 29.9. The van der Waals surface area contributed by atoms with Crippen molar-refractivity contribution in [3.8, 4) is 0 Å². The molecule has 0 N–H and O–H groups in total. The third kappa shape index (κ3) is 14.9. The Bertz CT molecular complexity index is 131. The molecule has 0 unspecified atom stereocenters. The SMILES string of the molecule is CCCC[N+](CCCC)(CCCC)CCCC.[Cu+].[I-].[I-]. The fraction of sp³-hybridized carbons (Fsp3) is 1.00. The maximum atomic E-state index is 2.33. The van der Waals surface area contributed by atoms with Gasteiger partial charge in [-0.15, -0.1) is 0 Å². The Morgan fingerprint density at radius 2 is 0.700 bits per heavy atom. The van der Waals surface area contributed by atoms with E-state index < -0.39 is 0 Å². The first-order chi connectivity index (χ1) is 8.24. The van der Waals surface area contributed by atoms with Crippen LogP contribution in [0.4, 0.5) is 0 Å². The van der Waals surface area contributed by atoms with Crippen LogP contribution in [0.2, 0.25) is 0 Å². The molecule has 0 saturated carbocycles. The second-order valence-corrected chi connectivity index (χ2v) is 5.65. The van der Waals surface area contributed by atoms with Crippen molar-refractivity contribution in [1.82, 2.24) is 0 Å². The van der Waals surface area contributed by atoms with Gasteiger partial charge in [0.05, 0.1) is 26.2 Å². The zero-order valence-corrected chi connectivity index (χ0v) is 19.2. The van der Waals surface area contributed by atoms with E-state index >= 15 is 0 Å². The van der Waals surface area contributed by atoms with Gasteiger partial charge >= 0.3 is 17.1 Å². The quantitative estimate of drug-likeness (QED) is 0.164. The van der Waals surface area contributed by atoms with Gasteiger partial charge in [0.1, 0.15) is 0 Å². The van der Waals surface area contributed by atoms with E-state index in [4.69, 9.17) is 0 Å². The number of hydrogen-bond acceptors (Lipinski definition) is 0. The van der Waals surface area contributed by atoms with E-state index in [1.165, 1.54) is 82.0 Å². The normalized spacial score (nSPS) is 10.2. The van der Waals surface area contributed by atoms with Crippen LogP contribution < -0.4 is 48.0 Å². The maximum Gasteiger partial charge on any atom is 1.00 e. The topological polar surface area (TPSA) is 0 Å². The van der Waals surface area contributed by atoms with Gasteiger partial charge in [0.15, 0.2) is 0 Å². The van der Waals surface area contributed by atoms with Crippen molar-refractivity contribution in [2.24, 2.45) is 0 Å². The second kappa shape index (κ2) is 20.9. The molecule has 0 bridgehead atoms. The number of quaternary nitrogens is 1. The van der Waals surface area contributed by atoms with Gasteiger partial charge in [0.25, 0.3) is 0 Å². The molecule has 0 aromatic carbocycles. The van der Waals surface area contributed by atoms with Crippen molar-refractivity contribution in [3.63, 3.8) is 0 Å². The summed E-state index contributed by atoms with van der Waals surface area (Å²) in [4.78, 5) is 0. The van der Waals surface area contributed by atoms with Gasteiger partial charge in [0, 0.05) is 0 Å². The van der Waals surface area contributed by atoms with Crippen molar-refractivity contribution in [3.05, 3.63) is 0 Å². The minimum absolute atomic E-state index is 0. The van der Waals surface area contributed by atoms with Crippen molar-refractivity contribution >= 4 is 0 Å². The zero-order chi connectivity index (χ0) is 13.0. The number of unbranched alkanes of at least 4 members (excludes halogenated alkanes) is 4. The zero-order valence-electron chi connectivity index (χ0n) is 14.0. The van der Waals surface area contributed by atoms with Crippen molar-refractivity contribution in [1.29, 1.82) is 0 Å². The minimum Gasteiger partial charge on any atom is -1.00 e. The molecule has 0 atom stereocenters. The Morgan fingerprint density at radius 3 is 0.850 bits per heavy atom. The Morgan fingerprint density at radius 1 is 0.500 bits per heavy atom. The smallest absolute Gasteiger partial charge is 1.00 e. The third-order valence-electron chi connectivity index (χ3n) is 3.94. The van der Waals surface area contributed by atoms with Gasteiger partial charge in [-0.2, -0.15) is 0 Å². The molecule has 0 aliphatic carbocycles. The molecule has 0 amide bonds. The van der Waals surface area contributed by atoms with Crippen molar-refractivity contribution in [2.75, 3.05) is 26.2 Å². The Hall–Kier alpha value is 1.94. The molecule has 0 aromatic heterocycles. The average Bonchev–Trinajstić information content (AvgIpc) is 2.37. The summed E-state index contributed by atoms with van der Waals surface area (Å²) in [6.45, 7) is 15.0. The summed E-state index contributed by atoms with van der Waals surface area (Å²) in [6, 6.07) is 0. The summed E-state index contributed by atoms with van der Waals surface area (Å²) >= 11 is 0. The second-order valence-electron chi connectivity index (χ2n) is 5.65. The molecular weight excluding hydrogens is 524 g/mol. The predicted molar refractivity (Wildman–Crippen MR) is 79.4 cm³/mol. The summed E-state index contributed by atoms with van der Waals surface area (Å²) in [7, 11) is 0. The van der Waals surface area contributed by atoms with Crippen LogP contribution >= 0.6 is 0 Å². The molecule has 0 aromatic rings. The van der Waals surface area contributed by atoms with Crippen LogP contribution in [-0.2, 0) is 17.1 Å². The molecule has 0 fully saturated rings. The van der Waals surface area contributed by atoms with Gasteiger partial charge in [0.2, 0.25) is 0 Å². The van der Waals surface area contributed by atoms with Crippen LogP contribution in [0.25, 0.3) is 0 Å². The van der Waals surface area contributed by atoms with E-state index in [1.54, 1.807) is 0 Å². The molecule has 0 rings (SSSR count). The molecule has 130 valence electrons. The molecule has 1 nitrogen and oxygen atoms in total. The number of hydrogen-bond donors (Lipinski definition) is 0. The number of nitrogens with zero attached hydrogens (tertiary/aromatic N) is 1. The molecule has 4 heteroatoms. The molecular formula is C16H36CuI2N. The van der Waals surface area contributed by atoms with E-state index in [0.29, 0.717) is 0 Å². The van der Waals surface area contributed by atoms with E-state index in [0.717, 1.165) is 0 Å². The van der Waals surface area contributed by atoms with Crippen LogP contribution in [0.1, 0.15) is 79.1 Å². The van der Waals surface area contributed by atoms with Crippen LogP contribution in [0.5, 0.6) is 0 Å². The molecule has 0 saturated heterocycles. The van der Waals surface area contributed by atoms with Crippen LogP contribution in [0, 0.1) is 0 Å². The monoisotopic (exact) mass is 559 g/mol. The summed E-state index contributed by atoms with van der Waals surface area (Å²) in [5.74, 6) is 0. The summed E-state index contributed by atoms with van der Waals surface area (Å²) in [5.41, 5.74) is 0. The molecule has 0 aliphatic heterocycles. The van der Waals surface area contributed by atoms with Crippen molar-refractivity contribution in [2.45, 2.75) is 79.1 Å². The van der Waals surface area contributed by atoms with Gasteiger partial charge < -0.3 is 52.4 Å². The van der Waals surface area contributed by atoms with Gasteiger partial charge in [-0.25, -0.2) is 0 Å². The average molecular weight is 560 g/mol. The fourth-order valence-corrected chi connectivity index (χ4v) is 2.64. The number of halogens is 2. The van der Waals surface area contributed by atoms with Crippen molar-refractivity contribution < 1.29 is 69.5 Å². The largest absolute Gasteiger partial charge is 1.00 e.